The van der Waals surface area contributed by atoms with Crippen LogP contribution >= 0.6 is 12.4 Å². The van der Waals surface area contributed by atoms with Gasteiger partial charge in [0.15, 0.2) is 0 Å². The van der Waals surface area contributed by atoms with Crippen LogP contribution in [-0.2, 0) is 0 Å². The Labute approximate surface area is 181 Å². The van der Waals surface area contributed by atoms with E-state index in [9.17, 15) is 10.1 Å². The Morgan fingerprint density at radius 2 is 1.97 bits per heavy atom. The molecule has 1 saturated carbocycles. The number of nitrogens with zero attached hydrogens (tertiary/aromatic N) is 4. The van der Waals surface area contributed by atoms with Crippen molar-refractivity contribution in [2.45, 2.75) is 37.8 Å². The number of nitriles is 2. The summed E-state index contributed by atoms with van der Waals surface area (Å²) in [6, 6.07) is 12.5. The highest BCUT2D eigenvalue weighted by Gasteiger charge is 2.25. The number of amides is 1. The van der Waals surface area contributed by atoms with E-state index >= 15 is 0 Å². The fourth-order valence-electron chi connectivity index (χ4n) is 3.56. The molecular formula is C21H24ClN7O. The number of aromatic nitrogens is 1. The van der Waals surface area contributed by atoms with Crippen LogP contribution in [0.2, 0.25) is 0 Å². The van der Waals surface area contributed by atoms with E-state index in [0.717, 1.165) is 25.7 Å². The minimum atomic E-state index is -0.687. The Balaban J connectivity index is 0.00000320. The molecule has 30 heavy (non-hydrogen) atoms. The number of hydrogen-bond acceptors (Lipinski definition) is 7. The van der Waals surface area contributed by atoms with E-state index in [1.165, 1.54) is 6.07 Å². The molecule has 0 bridgehead atoms. The first-order valence-corrected chi connectivity index (χ1v) is 9.45. The molecule has 1 heterocycles. The molecule has 1 aromatic heterocycles. The fraction of sp³-hybridized carbons (Fsp3) is 0.333. The average molecular weight is 426 g/mol. The van der Waals surface area contributed by atoms with Crippen LogP contribution in [0, 0.1) is 22.7 Å². The molecule has 0 spiro atoms. The van der Waals surface area contributed by atoms with Gasteiger partial charge in [-0.15, -0.1) is 12.4 Å². The fourth-order valence-corrected chi connectivity index (χ4v) is 3.56. The Bertz CT molecular complexity index is 1010. The second kappa shape index (κ2) is 9.93. The predicted molar refractivity (Wildman–Crippen MR) is 118 cm³/mol. The molecule has 5 N–H and O–H groups in total. The molecule has 1 aliphatic rings. The van der Waals surface area contributed by atoms with Gasteiger partial charge in [-0.25, -0.2) is 4.98 Å². The lowest BCUT2D eigenvalue weighted by atomic mass is 9.91. The maximum Gasteiger partial charge on any atom is 0.252 e. The molecule has 2 aromatic rings. The molecule has 0 radical (unpaired) electrons. The lowest BCUT2D eigenvalue weighted by Crippen LogP contribution is -2.43. The van der Waals surface area contributed by atoms with E-state index in [0.29, 0.717) is 22.9 Å². The van der Waals surface area contributed by atoms with Crippen molar-refractivity contribution in [3.8, 4) is 12.1 Å². The number of rotatable bonds is 5. The molecular weight excluding hydrogens is 402 g/mol. The first kappa shape index (κ1) is 23.0. The van der Waals surface area contributed by atoms with Crippen molar-refractivity contribution in [1.82, 2.24) is 4.98 Å². The van der Waals surface area contributed by atoms with Gasteiger partial charge >= 0.3 is 0 Å². The summed E-state index contributed by atoms with van der Waals surface area (Å²) < 4.78 is 0. The third-order valence-corrected chi connectivity index (χ3v) is 5.21. The number of carbonyl (C=O) groups excluding carboxylic acids is 1. The van der Waals surface area contributed by atoms with E-state index in [2.05, 4.69) is 22.4 Å². The smallest absolute Gasteiger partial charge is 0.252 e. The first-order valence-electron chi connectivity index (χ1n) is 9.45. The van der Waals surface area contributed by atoms with Gasteiger partial charge in [0.05, 0.1) is 22.8 Å². The summed E-state index contributed by atoms with van der Waals surface area (Å²) in [5, 5.41) is 22.0. The number of carbonyl (C=O) groups is 1. The molecule has 1 amide bonds. The van der Waals surface area contributed by atoms with Crippen LogP contribution in [0.1, 0.15) is 47.2 Å². The zero-order valence-electron chi connectivity index (χ0n) is 16.6. The second-order valence-corrected chi connectivity index (χ2v) is 7.15. The summed E-state index contributed by atoms with van der Waals surface area (Å²) in [5.74, 6) is -0.00943. The van der Waals surface area contributed by atoms with Crippen molar-refractivity contribution < 1.29 is 4.79 Å². The van der Waals surface area contributed by atoms with Crippen LogP contribution in [0.15, 0.2) is 30.3 Å². The molecule has 2 atom stereocenters. The van der Waals surface area contributed by atoms with Gasteiger partial charge in [-0.2, -0.15) is 10.5 Å². The number of anilines is 3. The maximum absolute atomic E-state index is 12.1. The van der Waals surface area contributed by atoms with Crippen molar-refractivity contribution in [3.05, 3.63) is 47.0 Å². The Morgan fingerprint density at radius 1 is 1.23 bits per heavy atom. The van der Waals surface area contributed by atoms with Crippen LogP contribution < -0.4 is 21.7 Å². The van der Waals surface area contributed by atoms with Gasteiger partial charge in [0.2, 0.25) is 0 Å². The van der Waals surface area contributed by atoms with Gasteiger partial charge in [-0.1, -0.05) is 18.9 Å². The topological polar surface area (TPSA) is 145 Å². The minimum absolute atomic E-state index is 0. The quantitative estimate of drug-likeness (QED) is 0.667. The highest BCUT2D eigenvalue weighted by molar-refractivity contribution is 5.99. The van der Waals surface area contributed by atoms with Crippen LogP contribution in [-0.4, -0.2) is 30.0 Å². The van der Waals surface area contributed by atoms with Gasteiger partial charge in [0, 0.05) is 24.8 Å². The first-order chi connectivity index (χ1) is 13.9. The van der Waals surface area contributed by atoms with Crippen molar-refractivity contribution in [1.29, 1.82) is 10.5 Å². The van der Waals surface area contributed by atoms with Crippen LogP contribution in [0.25, 0.3) is 0 Å². The number of halogens is 1. The van der Waals surface area contributed by atoms with Gasteiger partial charge in [0.1, 0.15) is 17.7 Å². The van der Waals surface area contributed by atoms with Gasteiger partial charge in [-0.05, 0) is 37.1 Å². The van der Waals surface area contributed by atoms with E-state index in [1.54, 1.807) is 36.2 Å². The standard InChI is InChI=1S/C21H23N7O.ClH/c1-28(15-6-4-5-13(9-15)11-22)21-16(19(25)29)10-14(12-23)20(27-21)26-18-8-3-2-7-17(18)24;/h4-6,9-10,17-18H,2-3,7-8,24H2,1H3,(H2,25,29)(H,26,27);1H/t17-,18+;/m0./s1. The van der Waals surface area contributed by atoms with E-state index < -0.39 is 5.91 Å². The van der Waals surface area contributed by atoms with Crippen LogP contribution in [0.5, 0.6) is 0 Å². The Hall–Kier alpha value is -3.33. The molecule has 0 saturated heterocycles. The zero-order chi connectivity index (χ0) is 21.0. The molecule has 1 aliphatic carbocycles. The molecule has 1 aromatic carbocycles. The number of pyridine rings is 1. The zero-order valence-corrected chi connectivity index (χ0v) is 17.4. The lowest BCUT2D eigenvalue weighted by molar-refractivity contribution is 0.100. The average Bonchev–Trinajstić information content (AvgIpc) is 2.74. The molecule has 9 heteroatoms. The van der Waals surface area contributed by atoms with E-state index in [-0.39, 0.29) is 35.6 Å². The molecule has 3 rings (SSSR count). The SMILES string of the molecule is CN(c1cccc(C#N)c1)c1nc(N[C@@H]2CCCC[C@@H]2N)c(C#N)cc1C(N)=O.Cl. The van der Waals surface area contributed by atoms with Crippen molar-refractivity contribution in [2.24, 2.45) is 11.5 Å². The molecule has 0 unspecified atom stereocenters. The number of primary amides is 1. The Morgan fingerprint density at radius 3 is 2.60 bits per heavy atom. The summed E-state index contributed by atoms with van der Waals surface area (Å²) in [5.41, 5.74) is 13.3. The molecule has 8 nitrogen and oxygen atoms in total. The van der Waals surface area contributed by atoms with E-state index in [4.69, 9.17) is 16.7 Å². The Kier molecular flexibility index (Phi) is 7.60. The summed E-state index contributed by atoms with van der Waals surface area (Å²) in [6.07, 6.45) is 3.94. The lowest BCUT2D eigenvalue weighted by Gasteiger charge is -2.30. The summed E-state index contributed by atoms with van der Waals surface area (Å²) in [4.78, 5) is 18.3. The predicted octanol–water partition coefficient (Wildman–Crippen LogP) is 2.80. The minimum Gasteiger partial charge on any atom is -0.365 e. The highest BCUT2D eigenvalue weighted by Crippen LogP contribution is 2.30. The summed E-state index contributed by atoms with van der Waals surface area (Å²) >= 11 is 0. The number of hydrogen-bond donors (Lipinski definition) is 3. The maximum atomic E-state index is 12.1. The summed E-state index contributed by atoms with van der Waals surface area (Å²) in [7, 11) is 1.73. The third kappa shape index (κ3) is 4.80. The second-order valence-electron chi connectivity index (χ2n) is 7.15. The molecule has 1 fully saturated rings. The number of nitrogens with two attached hydrogens (primary N) is 2. The van der Waals surface area contributed by atoms with Gasteiger partial charge in [-0.3, -0.25) is 4.79 Å². The monoisotopic (exact) mass is 425 g/mol. The van der Waals surface area contributed by atoms with Crippen LogP contribution in [0.3, 0.4) is 0 Å². The van der Waals surface area contributed by atoms with Crippen molar-refractivity contribution in [3.63, 3.8) is 0 Å². The van der Waals surface area contributed by atoms with Crippen molar-refractivity contribution in [2.75, 3.05) is 17.3 Å². The van der Waals surface area contributed by atoms with E-state index in [1.807, 2.05) is 0 Å². The number of benzene rings is 1. The molecule has 0 aliphatic heterocycles. The molecule has 156 valence electrons. The summed E-state index contributed by atoms with van der Waals surface area (Å²) in [6.45, 7) is 0. The largest absolute Gasteiger partial charge is 0.365 e. The van der Waals surface area contributed by atoms with Crippen LogP contribution in [0.4, 0.5) is 17.3 Å². The number of nitrogens with one attached hydrogen (secondary N) is 1. The highest BCUT2D eigenvalue weighted by atomic mass is 35.5. The normalized spacial score (nSPS) is 17.7. The van der Waals surface area contributed by atoms with Gasteiger partial charge < -0.3 is 21.7 Å². The third-order valence-electron chi connectivity index (χ3n) is 5.21. The van der Waals surface area contributed by atoms with Crippen molar-refractivity contribution >= 4 is 35.6 Å². The van der Waals surface area contributed by atoms with Gasteiger partial charge in [0.25, 0.3) is 5.91 Å².